The third kappa shape index (κ3) is 2.91. The van der Waals surface area contributed by atoms with Gasteiger partial charge in [0.15, 0.2) is 0 Å². The van der Waals surface area contributed by atoms with E-state index in [9.17, 15) is 14.4 Å². The summed E-state index contributed by atoms with van der Waals surface area (Å²) in [5, 5.41) is 2.89. The van der Waals surface area contributed by atoms with Crippen molar-refractivity contribution in [1.82, 2.24) is 4.90 Å². The molecule has 0 unspecified atom stereocenters. The van der Waals surface area contributed by atoms with Crippen LogP contribution in [0.2, 0.25) is 0 Å². The standard InChI is InChI=1S/C24H23N3O3/c1-26(17-7-3-2-4-8-17)19-10-6-5-9-18(19)25-20(28)14-27-23(29)21-15-11-12-16(13-15)22(21)24(27)30/h2-12,15-16,21-22H,13-14H2,1H3,(H,25,28)/t15-,16-,21-,22-/m0/s1. The Morgan fingerprint density at radius 2 is 1.57 bits per heavy atom. The maximum Gasteiger partial charge on any atom is 0.244 e. The Kier molecular flexibility index (Phi) is 4.42. The predicted octanol–water partition coefficient (Wildman–Crippen LogP) is 3.20. The number of fused-ring (bicyclic) bond motifs is 5. The lowest BCUT2D eigenvalue weighted by Gasteiger charge is -2.23. The number of para-hydroxylation sites is 3. The average molecular weight is 401 g/mol. The van der Waals surface area contributed by atoms with Gasteiger partial charge in [-0.2, -0.15) is 0 Å². The molecule has 0 spiro atoms. The van der Waals surface area contributed by atoms with Crippen molar-refractivity contribution in [3.05, 3.63) is 66.7 Å². The number of nitrogens with zero attached hydrogens (tertiary/aromatic N) is 2. The molecule has 0 aromatic heterocycles. The molecule has 0 radical (unpaired) electrons. The molecule has 1 saturated carbocycles. The second kappa shape index (κ2) is 7.13. The second-order valence-corrected chi connectivity index (χ2v) is 8.22. The van der Waals surface area contributed by atoms with E-state index in [0.29, 0.717) is 5.69 Å². The summed E-state index contributed by atoms with van der Waals surface area (Å²) in [5.74, 6) is -1.05. The predicted molar refractivity (Wildman–Crippen MR) is 114 cm³/mol. The van der Waals surface area contributed by atoms with Gasteiger partial charge in [-0.3, -0.25) is 19.3 Å². The molecule has 2 fully saturated rings. The van der Waals surface area contributed by atoms with Crippen molar-refractivity contribution in [3.63, 3.8) is 0 Å². The van der Waals surface area contributed by atoms with Crippen molar-refractivity contribution in [2.75, 3.05) is 23.8 Å². The van der Waals surface area contributed by atoms with Crippen molar-refractivity contribution in [1.29, 1.82) is 0 Å². The first-order valence-corrected chi connectivity index (χ1v) is 10.3. The fourth-order valence-corrected chi connectivity index (χ4v) is 5.12. The minimum Gasteiger partial charge on any atom is -0.343 e. The van der Waals surface area contributed by atoms with Crippen molar-refractivity contribution < 1.29 is 14.4 Å². The molecule has 1 heterocycles. The Bertz CT molecular complexity index is 1020. The van der Waals surface area contributed by atoms with E-state index in [4.69, 9.17) is 0 Å². The first-order valence-electron chi connectivity index (χ1n) is 10.3. The van der Waals surface area contributed by atoms with E-state index in [1.807, 2.05) is 66.5 Å². The third-order valence-electron chi connectivity index (χ3n) is 6.55. The molecule has 2 aromatic rings. The minimum absolute atomic E-state index is 0.143. The molecule has 30 heavy (non-hydrogen) atoms. The lowest BCUT2D eigenvalue weighted by atomic mass is 9.85. The Morgan fingerprint density at radius 1 is 0.967 bits per heavy atom. The van der Waals surface area contributed by atoms with Gasteiger partial charge in [-0.25, -0.2) is 0 Å². The van der Waals surface area contributed by atoms with Crippen LogP contribution < -0.4 is 10.2 Å². The van der Waals surface area contributed by atoms with Gasteiger partial charge in [-0.15, -0.1) is 0 Å². The fraction of sp³-hybridized carbons (Fsp3) is 0.292. The number of carbonyl (C=O) groups excluding carboxylic acids is 3. The van der Waals surface area contributed by atoms with Crippen LogP contribution in [-0.2, 0) is 14.4 Å². The fourth-order valence-electron chi connectivity index (χ4n) is 5.12. The molecule has 5 rings (SSSR count). The van der Waals surface area contributed by atoms with Gasteiger partial charge in [-0.1, -0.05) is 42.5 Å². The lowest BCUT2D eigenvalue weighted by molar-refractivity contribution is -0.143. The summed E-state index contributed by atoms with van der Waals surface area (Å²) in [6, 6.07) is 17.3. The van der Waals surface area contributed by atoms with Crippen molar-refractivity contribution in [3.8, 4) is 0 Å². The molecule has 1 N–H and O–H groups in total. The van der Waals surface area contributed by atoms with Gasteiger partial charge in [0, 0.05) is 12.7 Å². The van der Waals surface area contributed by atoms with Crippen LogP contribution in [-0.4, -0.2) is 36.2 Å². The highest BCUT2D eigenvalue weighted by Gasteiger charge is 2.59. The molecule has 6 nitrogen and oxygen atoms in total. The molecule has 1 saturated heterocycles. The molecule has 4 atom stereocenters. The maximum atomic E-state index is 12.8. The number of nitrogens with one attached hydrogen (secondary N) is 1. The number of carbonyl (C=O) groups is 3. The molecule has 152 valence electrons. The van der Waals surface area contributed by atoms with E-state index >= 15 is 0 Å². The summed E-state index contributed by atoms with van der Waals surface area (Å²) in [6.07, 6.45) is 4.98. The van der Waals surface area contributed by atoms with Gasteiger partial charge in [0.05, 0.1) is 23.2 Å². The number of rotatable bonds is 5. The third-order valence-corrected chi connectivity index (χ3v) is 6.55. The quantitative estimate of drug-likeness (QED) is 0.617. The van der Waals surface area contributed by atoms with E-state index in [1.54, 1.807) is 0 Å². The maximum absolute atomic E-state index is 12.8. The first kappa shape index (κ1) is 18.6. The summed E-state index contributed by atoms with van der Waals surface area (Å²) >= 11 is 0. The minimum atomic E-state index is -0.370. The molecule has 2 aliphatic carbocycles. The van der Waals surface area contributed by atoms with E-state index < -0.39 is 0 Å². The number of benzene rings is 2. The van der Waals surface area contributed by atoms with Crippen molar-refractivity contribution in [2.24, 2.45) is 23.7 Å². The Morgan fingerprint density at radius 3 is 2.23 bits per heavy atom. The number of anilines is 3. The van der Waals surface area contributed by atoms with Gasteiger partial charge in [0.2, 0.25) is 17.7 Å². The molecule has 6 heteroatoms. The normalized spacial score (nSPS) is 26.2. The van der Waals surface area contributed by atoms with Crippen LogP contribution >= 0.6 is 0 Å². The summed E-state index contributed by atoms with van der Waals surface area (Å²) in [4.78, 5) is 41.5. The lowest BCUT2D eigenvalue weighted by Crippen LogP contribution is -2.39. The van der Waals surface area contributed by atoms with E-state index in [-0.39, 0.29) is 47.9 Å². The van der Waals surface area contributed by atoms with Crippen LogP contribution in [0.1, 0.15) is 6.42 Å². The van der Waals surface area contributed by atoms with Gasteiger partial charge >= 0.3 is 0 Å². The molecule has 1 aliphatic heterocycles. The van der Waals surface area contributed by atoms with Crippen LogP contribution in [0.3, 0.4) is 0 Å². The molecule has 3 aliphatic rings. The van der Waals surface area contributed by atoms with Crippen molar-refractivity contribution >= 4 is 34.8 Å². The topological polar surface area (TPSA) is 69.7 Å². The molecular weight excluding hydrogens is 378 g/mol. The van der Waals surface area contributed by atoms with Crippen LogP contribution in [0, 0.1) is 23.7 Å². The van der Waals surface area contributed by atoms with Crippen molar-refractivity contribution in [2.45, 2.75) is 6.42 Å². The zero-order chi connectivity index (χ0) is 20.8. The number of hydrogen-bond donors (Lipinski definition) is 1. The van der Waals surface area contributed by atoms with Crippen LogP contribution in [0.25, 0.3) is 0 Å². The zero-order valence-corrected chi connectivity index (χ0v) is 16.7. The Labute approximate surface area is 175 Å². The molecule has 2 bridgehead atoms. The van der Waals surface area contributed by atoms with Crippen LogP contribution in [0.5, 0.6) is 0 Å². The first-order chi connectivity index (χ1) is 14.5. The number of likely N-dealkylation sites (tertiary alicyclic amines) is 1. The SMILES string of the molecule is CN(c1ccccc1)c1ccccc1NC(=O)CN1C(=O)[C@@H]2[C@@H](C1=O)[C@H]1C=C[C@H]2C1. The smallest absolute Gasteiger partial charge is 0.244 e. The van der Waals surface area contributed by atoms with Gasteiger partial charge < -0.3 is 10.2 Å². The number of imide groups is 1. The van der Waals surface area contributed by atoms with Gasteiger partial charge in [0.1, 0.15) is 6.54 Å². The summed E-state index contributed by atoms with van der Waals surface area (Å²) in [6.45, 7) is -0.243. The molecular formula is C24H23N3O3. The largest absolute Gasteiger partial charge is 0.343 e. The number of amides is 3. The van der Waals surface area contributed by atoms with Gasteiger partial charge in [0.25, 0.3) is 0 Å². The van der Waals surface area contributed by atoms with E-state index in [1.165, 1.54) is 0 Å². The number of allylic oxidation sites excluding steroid dienone is 2. The molecule has 3 amide bonds. The molecule has 2 aromatic carbocycles. The second-order valence-electron chi connectivity index (χ2n) is 8.22. The van der Waals surface area contributed by atoms with E-state index in [0.717, 1.165) is 22.7 Å². The summed E-state index contributed by atoms with van der Waals surface area (Å²) in [7, 11) is 1.93. The Hall–Kier alpha value is -3.41. The summed E-state index contributed by atoms with van der Waals surface area (Å²) in [5.41, 5.74) is 2.45. The zero-order valence-electron chi connectivity index (χ0n) is 16.7. The van der Waals surface area contributed by atoms with Gasteiger partial charge in [-0.05, 0) is 42.5 Å². The Balaban J connectivity index is 1.31. The van der Waals surface area contributed by atoms with Crippen LogP contribution in [0.4, 0.5) is 17.1 Å². The highest BCUT2D eigenvalue weighted by Crippen LogP contribution is 2.52. The highest BCUT2D eigenvalue weighted by molar-refractivity contribution is 6.10. The highest BCUT2D eigenvalue weighted by atomic mass is 16.2. The van der Waals surface area contributed by atoms with E-state index in [2.05, 4.69) is 17.5 Å². The number of hydrogen-bond acceptors (Lipinski definition) is 4. The average Bonchev–Trinajstić information content (AvgIpc) is 3.44. The summed E-state index contributed by atoms with van der Waals surface area (Å²) < 4.78 is 0. The monoisotopic (exact) mass is 401 g/mol. The van der Waals surface area contributed by atoms with Crippen LogP contribution in [0.15, 0.2) is 66.7 Å².